The van der Waals surface area contributed by atoms with Gasteiger partial charge in [0.25, 0.3) is 0 Å². The number of rotatable bonds is 9. The standard InChI is InChI=1S/C23H26N2O6S/c1-16-7-9-20(10-8-16)32(28,29)24(4)14-23(27)31-15-22(26)21-12-17(2)25(18(21)3)13-19-6-5-11-30-19/h5-12H,13-15H2,1-4H3. The Bertz CT molecular complexity index is 1210. The van der Waals surface area contributed by atoms with Crippen molar-refractivity contribution in [2.24, 2.45) is 0 Å². The average Bonchev–Trinajstić information content (AvgIpc) is 3.36. The molecule has 0 amide bonds. The Hall–Kier alpha value is -3.17. The van der Waals surface area contributed by atoms with Crippen LogP contribution >= 0.6 is 0 Å². The molecule has 1 aromatic carbocycles. The van der Waals surface area contributed by atoms with Gasteiger partial charge in [-0.3, -0.25) is 9.59 Å². The fourth-order valence-corrected chi connectivity index (χ4v) is 4.43. The summed E-state index contributed by atoms with van der Waals surface area (Å²) in [7, 11) is -2.55. The Balaban J connectivity index is 1.60. The van der Waals surface area contributed by atoms with E-state index in [1.54, 1.807) is 30.5 Å². The molecule has 32 heavy (non-hydrogen) atoms. The van der Waals surface area contributed by atoms with Crippen LogP contribution in [-0.4, -0.2) is 49.2 Å². The van der Waals surface area contributed by atoms with E-state index in [9.17, 15) is 18.0 Å². The molecule has 0 aliphatic rings. The summed E-state index contributed by atoms with van der Waals surface area (Å²) in [5, 5.41) is 0. The zero-order chi connectivity index (χ0) is 23.5. The first-order valence-corrected chi connectivity index (χ1v) is 11.4. The SMILES string of the molecule is Cc1ccc(S(=O)(=O)N(C)CC(=O)OCC(=O)c2cc(C)n(Cc3ccco3)c2C)cc1. The second-order valence-corrected chi connectivity index (χ2v) is 9.65. The number of Topliss-reactive ketones (excluding diaryl/α,β-unsaturated/α-hetero) is 1. The Morgan fingerprint density at radius 3 is 2.41 bits per heavy atom. The van der Waals surface area contributed by atoms with E-state index in [1.165, 1.54) is 19.2 Å². The summed E-state index contributed by atoms with van der Waals surface area (Å²) in [6.45, 7) is 5.06. The van der Waals surface area contributed by atoms with Gasteiger partial charge in [0.05, 0.1) is 17.7 Å². The average molecular weight is 459 g/mol. The molecular weight excluding hydrogens is 432 g/mol. The Morgan fingerprint density at radius 1 is 1.09 bits per heavy atom. The van der Waals surface area contributed by atoms with Crippen LogP contribution in [0.3, 0.4) is 0 Å². The number of ketones is 1. The van der Waals surface area contributed by atoms with Crippen molar-refractivity contribution >= 4 is 21.8 Å². The molecule has 2 heterocycles. The number of likely N-dealkylation sites (N-methyl/N-ethyl adjacent to an activating group) is 1. The number of hydrogen-bond donors (Lipinski definition) is 0. The lowest BCUT2D eigenvalue weighted by Crippen LogP contribution is -2.33. The van der Waals surface area contributed by atoms with Gasteiger partial charge in [-0.15, -0.1) is 0 Å². The molecule has 0 saturated carbocycles. The molecule has 8 nitrogen and oxygen atoms in total. The molecule has 0 aliphatic carbocycles. The molecule has 0 fully saturated rings. The summed E-state index contributed by atoms with van der Waals surface area (Å²) >= 11 is 0. The van der Waals surface area contributed by atoms with Crippen LogP contribution in [0.4, 0.5) is 0 Å². The maximum atomic E-state index is 12.6. The van der Waals surface area contributed by atoms with Crippen LogP contribution in [0.15, 0.2) is 58.0 Å². The van der Waals surface area contributed by atoms with Crippen molar-refractivity contribution in [3.63, 3.8) is 0 Å². The molecule has 2 aromatic heterocycles. The number of aromatic nitrogens is 1. The van der Waals surface area contributed by atoms with Gasteiger partial charge in [-0.25, -0.2) is 8.42 Å². The highest BCUT2D eigenvalue weighted by atomic mass is 32.2. The lowest BCUT2D eigenvalue weighted by Gasteiger charge is -2.16. The molecule has 0 radical (unpaired) electrons. The van der Waals surface area contributed by atoms with Crippen LogP contribution in [0.5, 0.6) is 0 Å². The highest BCUT2D eigenvalue weighted by molar-refractivity contribution is 7.89. The number of hydrogen-bond acceptors (Lipinski definition) is 6. The minimum Gasteiger partial charge on any atom is -0.467 e. The predicted molar refractivity (Wildman–Crippen MR) is 118 cm³/mol. The molecule has 0 atom stereocenters. The lowest BCUT2D eigenvalue weighted by molar-refractivity contribution is -0.142. The van der Waals surface area contributed by atoms with Gasteiger partial charge < -0.3 is 13.7 Å². The first-order chi connectivity index (χ1) is 15.1. The smallest absolute Gasteiger partial charge is 0.321 e. The number of carbonyl (C=O) groups is 2. The van der Waals surface area contributed by atoms with E-state index in [0.717, 1.165) is 27.0 Å². The number of benzene rings is 1. The third kappa shape index (κ3) is 5.17. The van der Waals surface area contributed by atoms with Crippen LogP contribution in [0.25, 0.3) is 0 Å². The van der Waals surface area contributed by atoms with Crippen molar-refractivity contribution in [2.45, 2.75) is 32.2 Å². The van der Waals surface area contributed by atoms with Crippen molar-refractivity contribution < 1.29 is 27.2 Å². The summed E-state index contributed by atoms with van der Waals surface area (Å²) in [6.07, 6.45) is 1.59. The lowest BCUT2D eigenvalue weighted by atomic mass is 10.1. The maximum absolute atomic E-state index is 12.6. The van der Waals surface area contributed by atoms with Crippen LogP contribution < -0.4 is 0 Å². The highest BCUT2D eigenvalue weighted by Crippen LogP contribution is 2.19. The monoisotopic (exact) mass is 458 g/mol. The van der Waals surface area contributed by atoms with Crippen molar-refractivity contribution in [2.75, 3.05) is 20.2 Å². The van der Waals surface area contributed by atoms with Gasteiger partial charge >= 0.3 is 5.97 Å². The number of carbonyl (C=O) groups excluding carboxylic acids is 2. The van der Waals surface area contributed by atoms with Crippen LogP contribution in [0.2, 0.25) is 0 Å². The zero-order valence-electron chi connectivity index (χ0n) is 18.5. The van der Waals surface area contributed by atoms with Crippen molar-refractivity contribution in [1.29, 1.82) is 0 Å². The Kier molecular flexibility index (Phi) is 7.00. The molecule has 0 aliphatic heterocycles. The van der Waals surface area contributed by atoms with E-state index in [1.807, 2.05) is 31.4 Å². The molecule has 0 saturated heterocycles. The minimum atomic E-state index is -3.84. The fourth-order valence-electron chi connectivity index (χ4n) is 3.31. The van der Waals surface area contributed by atoms with E-state index in [2.05, 4.69) is 0 Å². The second kappa shape index (κ2) is 9.54. The summed E-state index contributed by atoms with van der Waals surface area (Å²) in [6, 6.07) is 11.7. The molecule has 3 aromatic rings. The molecule has 0 N–H and O–H groups in total. The number of aryl methyl sites for hydroxylation is 2. The molecule has 170 valence electrons. The molecular formula is C23H26N2O6S. The highest BCUT2D eigenvalue weighted by Gasteiger charge is 2.24. The molecule has 0 unspecified atom stereocenters. The van der Waals surface area contributed by atoms with Crippen molar-refractivity contribution in [3.8, 4) is 0 Å². The van der Waals surface area contributed by atoms with Crippen LogP contribution in [0.1, 0.15) is 33.1 Å². The van der Waals surface area contributed by atoms with Crippen LogP contribution in [0, 0.1) is 20.8 Å². The van der Waals surface area contributed by atoms with Crippen molar-refractivity contribution in [3.05, 3.63) is 77.0 Å². The number of nitrogens with zero attached hydrogens (tertiary/aromatic N) is 2. The molecule has 3 rings (SSSR count). The predicted octanol–water partition coefficient (Wildman–Crippen LogP) is 3.10. The van der Waals surface area contributed by atoms with Gasteiger partial charge in [0.2, 0.25) is 15.8 Å². The second-order valence-electron chi connectivity index (χ2n) is 7.61. The van der Waals surface area contributed by atoms with Crippen LogP contribution in [-0.2, 0) is 26.1 Å². The summed E-state index contributed by atoms with van der Waals surface area (Å²) in [4.78, 5) is 24.9. The fraction of sp³-hybridized carbons (Fsp3) is 0.304. The van der Waals surface area contributed by atoms with Gasteiger partial charge in [-0.2, -0.15) is 4.31 Å². The minimum absolute atomic E-state index is 0.0819. The number of sulfonamides is 1. The van der Waals surface area contributed by atoms with E-state index in [-0.39, 0.29) is 10.7 Å². The van der Waals surface area contributed by atoms with E-state index < -0.39 is 29.1 Å². The molecule has 9 heteroatoms. The van der Waals surface area contributed by atoms with E-state index in [4.69, 9.17) is 9.15 Å². The Labute approximate surface area is 187 Å². The van der Waals surface area contributed by atoms with Gasteiger partial charge in [0, 0.05) is 24.0 Å². The normalized spacial score (nSPS) is 11.7. The number of esters is 1. The quantitative estimate of drug-likeness (QED) is 0.361. The molecule has 0 bridgehead atoms. The first kappa shape index (κ1) is 23.5. The summed E-state index contributed by atoms with van der Waals surface area (Å²) in [5.74, 6) is -0.405. The third-order valence-corrected chi connectivity index (χ3v) is 7.03. The van der Waals surface area contributed by atoms with Crippen molar-refractivity contribution in [1.82, 2.24) is 8.87 Å². The van der Waals surface area contributed by atoms with Gasteiger partial charge in [-0.1, -0.05) is 17.7 Å². The summed E-state index contributed by atoms with van der Waals surface area (Å²) in [5.41, 5.74) is 2.98. The third-order valence-electron chi connectivity index (χ3n) is 5.21. The maximum Gasteiger partial charge on any atom is 0.321 e. The van der Waals surface area contributed by atoms with Gasteiger partial charge in [0.1, 0.15) is 12.3 Å². The topological polar surface area (TPSA) is 98.8 Å². The first-order valence-electron chi connectivity index (χ1n) is 10.0. The van der Waals surface area contributed by atoms with E-state index >= 15 is 0 Å². The Morgan fingerprint density at radius 2 is 1.78 bits per heavy atom. The zero-order valence-corrected chi connectivity index (χ0v) is 19.3. The van der Waals surface area contributed by atoms with Gasteiger partial charge in [-0.05, 0) is 51.1 Å². The number of ether oxygens (including phenoxy) is 1. The molecule has 0 spiro atoms. The largest absolute Gasteiger partial charge is 0.467 e. The van der Waals surface area contributed by atoms with Gasteiger partial charge in [0.15, 0.2) is 6.61 Å². The number of furan rings is 1. The summed E-state index contributed by atoms with van der Waals surface area (Å²) < 4.78 is 38.5. The van der Waals surface area contributed by atoms with E-state index in [0.29, 0.717) is 12.1 Å².